The topological polar surface area (TPSA) is 53.5 Å². The second-order valence-corrected chi connectivity index (χ2v) is 6.86. The average molecular weight is 387 g/mol. The van der Waals surface area contributed by atoms with Crippen molar-refractivity contribution >= 4 is 11.8 Å². The van der Waals surface area contributed by atoms with Gasteiger partial charge in [0.1, 0.15) is 11.4 Å². The Morgan fingerprint density at radius 2 is 1.24 bits per heavy atom. The summed E-state index contributed by atoms with van der Waals surface area (Å²) in [5.74, 6) is -0.397. The first-order chi connectivity index (χ1) is 14.1. The maximum atomic E-state index is 13.0. The SMILES string of the molecule is CCN(Cc1ccccc1)C(=O)c1cccc(C(=O)N(C)Cc2ccccc2)n1. The van der Waals surface area contributed by atoms with Gasteiger partial charge in [-0.1, -0.05) is 66.7 Å². The third-order valence-electron chi connectivity index (χ3n) is 4.68. The van der Waals surface area contributed by atoms with Crippen molar-refractivity contribution in [2.24, 2.45) is 0 Å². The van der Waals surface area contributed by atoms with Crippen LogP contribution in [0.15, 0.2) is 78.9 Å². The van der Waals surface area contributed by atoms with Crippen molar-refractivity contribution in [1.29, 1.82) is 0 Å². The molecule has 29 heavy (non-hydrogen) atoms. The summed E-state index contributed by atoms with van der Waals surface area (Å²) in [7, 11) is 1.74. The van der Waals surface area contributed by atoms with E-state index >= 15 is 0 Å². The lowest BCUT2D eigenvalue weighted by Crippen LogP contribution is -2.32. The number of hydrogen-bond donors (Lipinski definition) is 0. The van der Waals surface area contributed by atoms with Crippen LogP contribution in [0.5, 0.6) is 0 Å². The van der Waals surface area contributed by atoms with Crippen LogP contribution in [0.2, 0.25) is 0 Å². The van der Waals surface area contributed by atoms with Crippen LogP contribution >= 0.6 is 0 Å². The van der Waals surface area contributed by atoms with Gasteiger partial charge >= 0.3 is 0 Å². The smallest absolute Gasteiger partial charge is 0.272 e. The summed E-state index contributed by atoms with van der Waals surface area (Å²) in [5, 5.41) is 0. The van der Waals surface area contributed by atoms with Crippen molar-refractivity contribution in [3.63, 3.8) is 0 Å². The van der Waals surface area contributed by atoms with Crippen LogP contribution in [0.4, 0.5) is 0 Å². The van der Waals surface area contributed by atoms with Crippen molar-refractivity contribution in [3.05, 3.63) is 101 Å². The summed E-state index contributed by atoms with van der Waals surface area (Å²) in [4.78, 5) is 33.4. The molecule has 0 bridgehead atoms. The van der Waals surface area contributed by atoms with Crippen molar-refractivity contribution in [2.45, 2.75) is 20.0 Å². The van der Waals surface area contributed by atoms with E-state index in [2.05, 4.69) is 4.98 Å². The van der Waals surface area contributed by atoms with Crippen LogP contribution in [-0.2, 0) is 13.1 Å². The fourth-order valence-electron chi connectivity index (χ4n) is 3.09. The lowest BCUT2D eigenvalue weighted by Gasteiger charge is -2.21. The first-order valence-corrected chi connectivity index (χ1v) is 9.68. The second-order valence-electron chi connectivity index (χ2n) is 6.86. The molecule has 0 saturated carbocycles. The number of carbonyl (C=O) groups excluding carboxylic acids is 2. The molecule has 0 aliphatic heterocycles. The first kappa shape index (κ1) is 20.3. The molecule has 5 heteroatoms. The predicted octanol–water partition coefficient (Wildman–Crippen LogP) is 4.02. The van der Waals surface area contributed by atoms with Crippen LogP contribution < -0.4 is 0 Å². The fraction of sp³-hybridized carbons (Fsp3) is 0.208. The number of carbonyl (C=O) groups is 2. The molecule has 2 amide bonds. The minimum atomic E-state index is -0.213. The third kappa shape index (κ3) is 5.29. The van der Waals surface area contributed by atoms with Crippen LogP contribution in [0, 0.1) is 0 Å². The zero-order valence-corrected chi connectivity index (χ0v) is 16.8. The average Bonchev–Trinajstić information content (AvgIpc) is 2.78. The molecule has 5 nitrogen and oxygen atoms in total. The highest BCUT2D eigenvalue weighted by Crippen LogP contribution is 2.11. The Kier molecular flexibility index (Phi) is 6.74. The minimum absolute atomic E-state index is 0.184. The zero-order valence-electron chi connectivity index (χ0n) is 16.8. The molecule has 148 valence electrons. The predicted molar refractivity (Wildman–Crippen MR) is 113 cm³/mol. The summed E-state index contributed by atoms with van der Waals surface area (Å²) in [6.45, 7) is 3.48. The van der Waals surface area contributed by atoms with E-state index in [1.165, 1.54) is 0 Å². The number of amides is 2. The maximum absolute atomic E-state index is 13.0. The quantitative estimate of drug-likeness (QED) is 0.615. The summed E-state index contributed by atoms with van der Waals surface area (Å²) in [6, 6.07) is 24.6. The molecule has 0 unspecified atom stereocenters. The number of aromatic nitrogens is 1. The maximum Gasteiger partial charge on any atom is 0.272 e. The first-order valence-electron chi connectivity index (χ1n) is 9.68. The normalized spacial score (nSPS) is 10.4. The van der Waals surface area contributed by atoms with E-state index in [0.717, 1.165) is 11.1 Å². The van der Waals surface area contributed by atoms with Gasteiger partial charge in [-0.25, -0.2) is 4.98 Å². The Balaban J connectivity index is 1.73. The van der Waals surface area contributed by atoms with Gasteiger partial charge in [0.25, 0.3) is 11.8 Å². The molecule has 0 saturated heterocycles. The standard InChI is InChI=1S/C24H25N3O2/c1-3-27(18-20-13-8-5-9-14-20)24(29)22-16-10-15-21(25-22)23(28)26(2)17-19-11-6-4-7-12-19/h4-16H,3,17-18H2,1-2H3. The van der Waals surface area contributed by atoms with Gasteiger partial charge < -0.3 is 9.80 Å². The molecule has 0 aliphatic carbocycles. The lowest BCUT2D eigenvalue weighted by molar-refractivity contribution is 0.0745. The van der Waals surface area contributed by atoms with E-state index in [1.54, 1.807) is 35.0 Å². The lowest BCUT2D eigenvalue weighted by atomic mass is 10.2. The molecule has 1 aromatic heterocycles. The molecular weight excluding hydrogens is 362 g/mol. The van der Waals surface area contributed by atoms with Crippen molar-refractivity contribution < 1.29 is 9.59 Å². The molecule has 0 fully saturated rings. The zero-order chi connectivity index (χ0) is 20.6. The minimum Gasteiger partial charge on any atom is -0.336 e. The summed E-state index contributed by atoms with van der Waals surface area (Å²) < 4.78 is 0. The van der Waals surface area contributed by atoms with E-state index in [-0.39, 0.29) is 23.2 Å². The number of pyridine rings is 1. The molecule has 0 N–H and O–H groups in total. The molecular formula is C24H25N3O2. The molecule has 3 rings (SSSR count). The van der Waals surface area contributed by atoms with Crippen molar-refractivity contribution in [3.8, 4) is 0 Å². The number of benzene rings is 2. The van der Waals surface area contributed by atoms with Crippen LogP contribution in [0.1, 0.15) is 39.0 Å². The monoisotopic (exact) mass is 387 g/mol. The summed E-state index contributed by atoms with van der Waals surface area (Å²) in [6.07, 6.45) is 0. The van der Waals surface area contributed by atoms with E-state index in [1.807, 2.05) is 67.6 Å². The fourth-order valence-corrected chi connectivity index (χ4v) is 3.09. The van der Waals surface area contributed by atoms with Gasteiger partial charge in [0, 0.05) is 26.7 Å². The Hall–Kier alpha value is -3.47. The van der Waals surface area contributed by atoms with Gasteiger partial charge in [0.05, 0.1) is 0 Å². The molecule has 2 aromatic carbocycles. The highest BCUT2D eigenvalue weighted by Gasteiger charge is 2.19. The molecule has 0 radical (unpaired) electrons. The Morgan fingerprint density at radius 3 is 1.79 bits per heavy atom. The van der Waals surface area contributed by atoms with Crippen molar-refractivity contribution in [1.82, 2.24) is 14.8 Å². The van der Waals surface area contributed by atoms with Gasteiger partial charge in [0.15, 0.2) is 0 Å². The molecule has 0 atom stereocenters. The number of nitrogens with zero attached hydrogens (tertiary/aromatic N) is 3. The molecule has 0 spiro atoms. The van der Waals surface area contributed by atoms with Gasteiger partial charge in [-0.15, -0.1) is 0 Å². The number of hydrogen-bond acceptors (Lipinski definition) is 3. The molecule has 0 aliphatic rings. The van der Waals surface area contributed by atoms with Crippen LogP contribution in [0.3, 0.4) is 0 Å². The van der Waals surface area contributed by atoms with Gasteiger partial charge in [-0.05, 0) is 30.2 Å². The van der Waals surface area contributed by atoms with E-state index in [9.17, 15) is 9.59 Å². The Morgan fingerprint density at radius 1 is 0.724 bits per heavy atom. The highest BCUT2D eigenvalue weighted by molar-refractivity contribution is 5.96. The Bertz CT molecular complexity index is 958. The second kappa shape index (κ2) is 9.64. The summed E-state index contributed by atoms with van der Waals surface area (Å²) >= 11 is 0. The largest absolute Gasteiger partial charge is 0.336 e. The van der Waals surface area contributed by atoms with Gasteiger partial charge in [-0.2, -0.15) is 0 Å². The van der Waals surface area contributed by atoms with E-state index < -0.39 is 0 Å². The van der Waals surface area contributed by atoms with Crippen molar-refractivity contribution in [2.75, 3.05) is 13.6 Å². The van der Waals surface area contributed by atoms with E-state index in [4.69, 9.17) is 0 Å². The van der Waals surface area contributed by atoms with Crippen LogP contribution in [0.25, 0.3) is 0 Å². The summed E-state index contributed by atoms with van der Waals surface area (Å²) in [5.41, 5.74) is 2.64. The van der Waals surface area contributed by atoms with Crippen LogP contribution in [-0.4, -0.2) is 40.2 Å². The molecule has 3 aromatic rings. The number of rotatable bonds is 7. The van der Waals surface area contributed by atoms with Gasteiger partial charge in [-0.3, -0.25) is 9.59 Å². The van der Waals surface area contributed by atoms with Gasteiger partial charge in [0.2, 0.25) is 0 Å². The highest BCUT2D eigenvalue weighted by atomic mass is 16.2. The Labute approximate surface area is 171 Å². The molecule has 1 heterocycles. The van der Waals surface area contributed by atoms with E-state index in [0.29, 0.717) is 19.6 Å². The third-order valence-corrected chi connectivity index (χ3v) is 4.68.